The molecular formula is C16H21N3O2. The zero-order valence-corrected chi connectivity index (χ0v) is 12.9. The van der Waals surface area contributed by atoms with E-state index < -0.39 is 0 Å². The zero-order valence-electron chi connectivity index (χ0n) is 12.9. The van der Waals surface area contributed by atoms with Crippen LogP contribution in [0, 0.1) is 0 Å². The third-order valence-corrected chi connectivity index (χ3v) is 3.15. The van der Waals surface area contributed by atoms with Crippen LogP contribution in [-0.4, -0.2) is 31.2 Å². The van der Waals surface area contributed by atoms with Crippen molar-refractivity contribution in [2.75, 3.05) is 26.6 Å². The molecule has 1 aromatic carbocycles. The number of nitrogens with zero attached hydrogens (tertiary/aromatic N) is 2. The molecule has 0 aliphatic rings. The van der Waals surface area contributed by atoms with Crippen molar-refractivity contribution in [3.8, 4) is 22.9 Å². The number of methoxy groups -OCH3 is 2. The maximum absolute atomic E-state index is 5.30. The van der Waals surface area contributed by atoms with Crippen molar-refractivity contribution in [3.05, 3.63) is 30.0 Å². The number of aryl methyl sites for hydroxylation is 1. The molecule has 0 fully saturated rings. The number of nitrogens with one attached hydrogen (secondary N) is 1. The Morgan fingerprint density at radius 3 is 2.19 bits per heavy atom. The molecule has 2 rings (SSSR count). The van der Waals surface area contributed by atoms with Gasteiger partial charge in [-0.1, -0.05) is 13.3 Å². The third-order valence-electron chi connectivity index (χ3n) is 3.15. The first-order valence-electron chi connectivity index (χ1n) is 6.99. The van der Waals surface area contributed by atoms with Gasteiger partial charge in [-0.05, 0) is 18.6 Å². The van der Waals surface area contributed by atoms with Crippen LogP contribution in [0.2, 0.25) is 0 Å². The van der Waals surface area contributed by atoms with Gasteiger partial charge in [0.2, 0.25) is 0 Å². The molecule has 0 aliphatic heterocycles. The van der Waals surface area contributed by atoms with Crippen molar-refractivity contribution in [2.45, 2.75) is 19.8 Å². The molecule has 112 valence electrons. The lowest BCUT2D eigenvalue weighted by Gasteiger charge is -2.10. The summed E-state index contributed by atoms with van der Waals surface area (Å²) in [6.45, 7) is 2.13. The van der Waals surface area contributed by atoms with E-state index in [0.29, 0.717) is 5.82 Å². The van der Waals surface area contributed by atoms with Crippen LogP contribution in [0.15, 0.2) is 24.3 Å². The summed E-state index contributed by atoms with van der Waals surface area (Å²) in [7, 11) is 5.12. The van der Waals surface area contributed by atoms with Gasteiger partial charge in [0, 0.05) is 30.4 Å². The van der Waals surface area contributed by atoms with Crippen LogP contribution < -0.4 is 14.8 Å². The monoisotopic (exact) mass is 287 g/mol. The van der Waals surface area contributed by atoms with Crippen molar-refractivity contribution < 1.29 is 9.47 Å². The van der Waals surface area contributed by atoms with E-state index in [2.05, 4.69) is 22.2 Å². The van der Waals surface area contributed by atoms with E-state index in [1.165, 1.54) is 0 Å². The standard InChI is InChI=1S/C16H21N3O2/c1-5-6-12-9-15(17-2)19-16(18-12)11-7-13(20-3)10-14(8-11)21-4/h7-10H,5-6H2,1-4H3,(H,17,18,19). The molecule has 0 unspecified atom stereocenters. The van der Waals surface area contributed by atoms with Crippen molar-refractivity contribution in [1.82, 2.24) is 9.97 Å². The van der Waals surface area contributed by atoms with Crippen molar-refractivity contribution in [1.29, 1.82) is 0 Å². The lowest BCUT2D eigenvalue weighted by atomic mass is 10.1. The van der Waals surface area contributed by atoms with Crippen LogP contribution in [0.5, 0.6) is 11.5 Å². The van der Waals surface area contributed by atoms with Gasteiger partial charge in [0.25, 0.3) is 0 Å². The number of hydrogen-bond donors (Lipinski definition) is 1. The largest absolute Gasteiger partial charge is 0.497 e. The van der Waals surface area contributed by atoms with Gasteiger partial charge < -0.3 is 14.8 Å². The Morgan fingerprint density at radius 2 is 1.67 bits per heavy atom. The van der Waals surface area contributed by atoms with Gasteiger partial charge in [-0.15, -0.1) is 0 Å². The highest BCUT2D eigenvalue weighted by molar-refractivity contribution is 5.62. The van der Waals surface area contributed by atoms with E-state index in [9.17, 15) is 0 Å². The fourth-order valence-electron chi connectivity index (χ4n) is 2.08. The van der Waals surface area contributed by atoms with Crippen LogP contribution in [0.1, 0.15) is 19.0 Å². The summed E-state index contributed by atoms with van der Waals surface area (Å²) in [5.74, 6) is 2.92. The van der Waals surface area contributed by atoms with Gasteiger partial charge in [-0.2, -0.15) is 0 Å². The topological polar surface area (TPSA) is 56.3 Å². The molecule has 1 N–H and O–H groups in total. The first-order chi connectivity index (χ1) is 10.2. The van der Waals surface area contributed by atoms with Crippen LogP contribution >= 0.6 is 0 Å². The normalized spacial score (nSPS) is 10.3. The van der Waals surface area contributed by atoms with Crippen molar-refractivity contribution in [3.63, 3.8) is 0 Å². The minimum Gasteiger partial charge on any atom is -0.497 e. The summed E-state index contributed by atoms with van der Waals surface area (Å²) in [5, 5.41) is 3.08. The van der Waals surface area contributed by atoms with Crippen LogP contribution in [-0.2, 0) is 6.42 Å². The molecule has 0 spiro atoms. The second kappa shape index (κ2) is 6.92. The maximum Gasteiger partial charge on any atom is 0.162 e. The third kappa shape index (κ3) is 3.62. The number of benzene rings is 1. The number of anilines is 1. The highest BCUT2D eigenvalue weighted by Crippen LogP contribution is 2.28. The fourth-order valence-corrected chi connectivity index (χ4v) is 2.08. The van der Waals surface area contributed by atoms with E-state index in [0.717, 1.165) is 41.4 Å². The summed E-state index contributed by atoms with van der Waals surface area (Å²) in [5.41, 5.74) is 1.90. The number of aromatic nitrogens is 2. The lowest BCUT2D eigenvalue weighted by molar-refractivity contribution is 0.394. The van der Waals surface area contributed by atoms with Crippen molar-refractivity contribution >= 4 is 5.82 Å². The summed E-state index contributed by atoms with van der Waals surface area (Å²) < 4.78 is 10.6. The van der Waals surface area contributed by atoms with Crippen LogP contribution in [0.25, 0.3) is 11.4 Å². The first kappa shape index (κ1) is 15.1. The molecule has 0 atom stereocenters. The summed E-state index contributed by atoms with van der Waals surface area (Å²) in [4.78, 5) is 9.15. The molecule has 0 radical (unpaired) electrons. The molecule has 0 saturated carbocycles. The van der Waals surface area contributed by atoms with Gasteiger partial charge in [0.15, 0.2) is 5.82 Å². The number of rotatable bonds is 6. The Bertz CT molecular complexity index is 592. The lowest BCUT2D eigenvalue weighted by Crippen LogP contribution is -2.01. The Labute approximate surface area is 125 Å². The molecule has 5 heteroatoms. The van der Waals surface area contributed by atoms with Gasteiger partial charge in [-0.3, -0.25) is 0 Å². The first-order valence-corrected chi connectivity index (χ1v) is 6.99. The van der Waals surface area contributed by atoms with Crippen LogP contribution in [0.3, 0.4) is 0 Å². The second-order valence-electron chi connectivity index (χ2n) is 4.67. The van der Waals surface area contributed by atoms with Crippen molar-refractivity contribution in [2.24, 2.45) is 0 Å². The predicted molar refractivity (Wildman–Crippen MR) is 84.1 cm³/mol. The zero-order chi connectivity index (χ0) is 15.2. The quantitative estimate of drug-likeness (QED) is 0.884. The molecule has 2 aromatic rings. The van der Waals surface area contributed by atoms with E-state index >= 15 is 0 Å². The van der Waals surface area contributed by atoms with E-state index in [1.54, 1.807) is 14.2 Å². The summed E-state index contributed by atoms with van der Waals surface area (Å²) in [6, 6.07) is 7.63. The molecule has 1 aromatic heterocycles. The SMILES string of the molecule is CCCc1cc(NC)nc(-c2cc(OC)cc(OC)c2)n1. The average Bonchev–Trinajstić information content (AvgIpc) is 2.54. The van der Waals surface area contributed by atoms with Gasteiger partial charge >= 0.3 is 0 Å². The highest BCUT2D eigenvalue weighted by atomic mass is 16.5. The van der Waals surface area contributed by atoms with Gasteiger partial charge in [-0.25, -0.2) is 9.97 Å². The van der Waals surface area contributed by atoms with E-state index in [-0.39, 0.29) is 0 Å². The predicted octanol–water partition coefficient (Wildman–Crippen LogP) is 3.16. The van der Waals surface area contributed by atoms with Gasteiger partial charge in [0.1, 0.15) is 17.3 Å². The molecule has 0 bridgehead atoms. The molecule has 21 heavy (non-hydrogen) atoms. The Hall–Kier alpha value is -2.30. The second-order valence-corrected chi connectivity index (χ2v) is 4.67. The smallest absolute Gasteiger partial charge is 0.162 e. The minimum absolute atomic E-state index is 0.669. The van der Waals surface area contributed by atoms with E-state index in [1.807, 2.05) is 31.3 Å². The summed E-state index contributed by atoms with van der Waals surface area (Å²) >= 11 is 0. The molecule has 0 amide bonds. The minimum atomic E-state index is 0.669. The Kier molecular flexibility index (Phi) is 4.98. The molecular weight excluding hydrogens is 266 g/mol. The molecule has 5 nitrogen and oxygen atoms in total. The maximum atomic E-state index is 5.30. The highest BCUT2D eigenvalue weighted by Gasteiger charge is 2.09. The number of hydrogen-bond acceptors (Lipinski definition) is 5. The number of ether oxygens (including phenoxy) is 2. The fraction of sp³-hybridized carbons (Fsp3) is 0.375. The van der Waals surface area contributed by atoms with Gasteiger partial charge in [0.05, 0.1) is 14.2 Å². The molecule has 0 saturated heterocycles. The molecule has 0 aliphatic carbocycles. The Morgan fingerprint density at radius 1 is 1.00 bits per heavy atom. The van der Waals surface area contributed by atoms with E-state index in [4.69, 9.17) is 9.47 Å². The van der Waals surface area contributed by atoms with Crippen LogP contribution in [0.4, 0.5) is 5.82 Å². The Balaban J connectivity index is 2.51. The average molecular weight is 287 g/mol. The summed E-state index contributed by atoms with van der Waals surface area (Å²) in [6.07, 6.45) is 1.96. The molecule has 1 heterocycles.